The van der Waals surface area contributed by atoms with Gasteiger partial charge in [0.25, 0.3) is 5.91 Å². The molecule has 3 unspecified atom stereocenters. The zero-order chi connectivity index (χ0) is 28.1. The van der Waals surface area contributed by atoms with Crippen molar-refractivity contribution in [2.24, 2.45) is 35.5 Å². The average Bonchev–Trinajstić information content (AvgIpc) is 3.31. The van der Waals surface area contributed by atoms with E-state index in [0.717, 1.165) is 38.8 Å². The third-order valence-electron chi connectivity index (χ3n) is 9.45. The van der Waals surface area contributed by atoms with Gasteiger partial charge in [-0.1, -0.05) is 33.1 Å². The van der Waals surface area contributed by atoms with Crippen LogP contribution in [0.2, 0.25) is 0 Å². The Morgan fingerprint density at radius 3 is 2.27 bits per heavy atom. The van der Waals surface area contributed by atoms with Gasteiger partial charge < -0.3 is 14.4 Å². The van der Waals surface area contributed by atoms with Crippen molar-refractivity contribution >= 4 is 17.8 Å². The predicted molar refractivity (Wildman–Crippen MR) is 151 cm³/mol. The van der Waals surface area contributed by atoms with E-state index in [9.17, 15) is 9.59 Å². The summed E-state index contributed by atoms with van der Waals surface area (Å²) in [6.07, 6.45) is 15.4. The van der Waals surface area contributed by atoms with E-state index in [1.807, 2.05) is 0 Å². The van der Waals surface area contributed by atoms with Gasteiger partial charge >= 0.3 is 5.97 Å². The van der Waals surface area contributed by atoms with E-state index in [4.69, 9.17) is 14.3 Å². The van der Waals surface area contributed by atoms with Crippen LogP contribution in [0.1, 0.15) is 102 Å². The Morgan fingerprint density at radius 2 is 1.62 bits per heavy atom. The number of esters is 1. The molecule has 1 aromatic rings. The summed E-state index contributed by atoms with van der Waals surface area (Å²) in [6, 6.07) is 0. The van der Waals surface area contributed by atoms with Crippen LogP contribution in [0.25, 0.3) is 0 Å². The lowest BCUT2D eigenvalue weighted by molar-refractivity contribution is -0.163. The number of nitrogens with one attached hydrogen (secondary N) is 1. The smallest absolute Gasteiger partial charge is 0.309 e. The SMILES string of the molecule is CC(C)COC(C)ONC(=O)c1cnc(N2CC3C(CC[C@H](C(=O)OC4CCCC4)C4CCCCC4)C3C2)nc1. The molecule has 0 aromatic carbocycles. The average molecular weight is 557 g/mol. The number of hydrogen-bond donors (Lipinski definition) is 1. The first kappa shape index (κ1) is 29.2. The van der Waals surface area contributed by atoms with Gasteiger partial charge in [0.2, 0.25) is 5.95 Å². The molecule has 0 bridgehead atoms. The van der Waals surface area contributed by atoms with Gasteiger partial charge in [0.15, 0.2) is 6.29 Å². The largest absolute Gasteiger partial charge is 0.462 e. The van der Waals surface area contributed by atoms with Crippen LogP contribution in [0.5, 0.6) is 0 Å². The number of fused-ring (bicyclic) bond motifs is 1. The van der Waals surface area contributed by atoms with Crippen molar-refractivity contribution in [3.05, 3.63) is 18.0 Å². The molecule has 0 radical (unpaired) electrons. The monoisotopic (exact) mass is 556 g/mol. The molecule has 9 nitrogen and oxygen atoms in total. The molecule has 0 spiro atoms. The van der Waals surface area contributed by atoms with Crippen LogP contribution < -0.4 is 10.4 Å². The Morgan fingerprint density at radius 1 is 0.975 bits per heavy atom. The second-order valence-corrected chi connectivity index (χ2v) is 12.9. The van der Waals surface area contributed by atoms with E-state index in [0.29, 0.717) is 47.7 Å². The van der Waals surface area contributed by atoms with E-state index in [1.54, 1.807) is 19.3 Å². The second kappa shape index (κ2) is 13.6. The molecule has 9 heteroatoms. The minimum Gasteiger partial charge on any atom is -0.462 e. The maximum atomic E-state index is 13.2. The molecule has 4 fully saturated rings. The van der Waals surface area contributed by atoms with E-state index in [1.165, 1.54) is 44.9 Å². The van der Waals surface area contributed by atoms with Gasteiger partial charge in [-0.2, -0.15) is 0 Å². The molecule has 1 aromatic heterocycles. The molecule has 1 amide bonds. The third-order valence-corrected chi connectivity index (χ3v) is 9.45. The minimum atomic E-state index is -0.535. The van der Waals surface area contributed by atoms with Crippen molar-refractivity contribution in [1.29, 1.82) is 0 Å². The first-order chi connectivity index (χ1) is 19.4. The molecule has 1 N–H and O–H groups in total. The van der Waals surface area contributed by atoms with E-state index in [2.05, 4.69) is 34.2 Å². The third kappa shape index (κ3) is 7.52. The number of ether oxygens (including phenoxy) is 2. The Kier molecular flexibility index (Phi) is 9.94. The van der Waals surface area contributed by atoms with Crippen LogP contribution in [0.15, 0.2) is 12.4 Å². The van der Waals surface area contributed by atoms with Crippen LogP contribution in [0, 0.1) is 35.5 Å². The van der Waals surface area contributed by atoms with Gasteiger partial charge in [0, 0.05) is 25.5 Å². The molecule has 1 aliphatic heterocycles. The molecular weight excluding hydrogens is 508 g/mol. The molecule has 1 saturated heterocycles. The number of rotatable bonds is 13. The summed E-state index contributed by atoms with van der Waals surface area (Å²) in [5.74, 6) is 3.30. The zero-order valence-corrected chi connectivity index (χ0v) is 24.6. The number of hydrogen-bond acceptors (Lipinski definition) is 8. The number of piperidine rings is 1. The van der Waals surface area contributed by atoms with Gasteiger partial charge in [0.1, 0.15) is 6.10 Å². The lowest BCUT2D eigenvalue weighted by Crippen LogP contribution is -2.31. The maximum Gasteiger partial charge on any atom is 0.309 e. The normalized spacial score (nSPS) is 26.5. The van der Waals surface area contributed by atoms with Gasteiger partial charge in [-0.25, -0.2) is 20.3 Å². The standard InChI is InChI=1S/C31H48N4O5/c1-20(2)19-38-21(3)40-34-29(36)23-15-32-31(33-16-23)35-17-27-26(28(27)18-35)14-13-25(22-9-5-4-6-10-22)30(37)39-24-11-7-8-12-24/h15-16,20-22,24-28H,4-14,17-19H2,1-3H3,(H,34,36)/t21?,25-,26?,27?,28?/m0/s1. The molecular formula is C31H48N4O5. The fourth-order valence-electron chi connectivity index (χ4n) is 7.11. The number of carbonyl (C=O) groups excluding carboxylic acids is 2. The second-order valence-electron chi connectivity index (χ2n) is 12.9. The summed E-state index contributed by atoms with van der Waals surface area (Å²) in [6.45, 7) is 8.29. The van der Waals surface area contributed by atoms with E-state index < -0.39 is 12.2 Å². The predicted octanol–water partition coefficient (Wildman–Crippen LogP) is 5.30. The van der Waals surface area contributed by atoms with Crippen molar-refractivity contribution in [3.8, 4) is 0 Å². The Balaban J connectivity index is 1.06. The maximum absolute atomic E-state index is 13.2. The summed E-state index contributed by atoms with van der Waals surface area (Å²) >= 11 is 0. The van der Waals surface area contributed by atoms with E-state index >= 15 is 0 Å². The highest BCUT2D eigenvalue weighted by Crippen LogP contribution is 2.55. The number of anilines is 1. The lowest BCUT2D eigenvalue weighted by Gasteiger charge is -2.30. The summed E-state index contributed by atoms with van der Waals surface area (Å²) in [4.78, 5) is 42.0. The first-order valence-electron chi connectivity index (χ1n) is 15.7. The fraction of sp³-hybridized carbons (Fsp3) is 0.806. The van der Waals surface area contributed by atoms with Gasteiger partial charge in [-0.3, -0.25) is 9.59 Å². The number of hydroxylamine groups is 1. The summed E-state index contributed by atoms with van der Waals surface area (Å²) in [5.41, 5.74) is 2.76. The number of aromatic nitrogens is 2. The zero-order valence-electron chi connectivity index (χ0n) is 24.6. The Bertz CT molecular complexity index is 964. The molecule has 4 aliphatic rings. The van der Waals surface area contributed by atoms with Crippen LogP contribution >= 0.6 is 0 Å². The molecule has 40 heavy (non-hydrogen) atoms. The van der Waals surface area contributed by atoms with Crippen molar-refractivity contribution in [2.75, 3.05) is 24.6 Å². The Labute approximate surface area is 239 Å². The lowest BCUT2D eigenvalue weighted by atomic mass is 9.77. The molecule has 3 saturated carbocycles. The highest BCUT2D eigenvalue weighted by Gasteiger charge is 2.55. The number of nitrogens with zero attached hydrogens (tertiary/aromatic N) is 3. The summed E-state index contributed by atoms with van der Waals surface area (Å²) in [7, 11) is 0. The van der Waals surface area contributed by atoms with Crippen molar-refractivity contribution in [2.45, 2.75) is 104 Å². The van der Waals surface area contributed by atoms with Crippen molar-refractivity contribution in [1.82, 2.24) is 15.4 Å². The van der Waals surface area contributed by atoms with Crippen LogP contribution in [-0.4, -0.2) is 53.9 Å². The van der Waals surface area contributed by atoms with Crippen LogP contribution in [-0.2, 0) is 19.1 Å². The van der Waals surface area contributed by atoms with Crippen molar-refractivity contribution in [3.63, 3.8) is 0 Å². The van der Waals surface area contributed by atoms with E-state index in [-0.39, 0.29) is 18.0 Å². The highest BCUT2D eigenvalue weighted by atomic mass is 16.8. The molecule has 222 valence electrons. The minimum absolute atomic E-state index is 0.0779. The molecule has 3 aliphatic carbocycles. The van der Waals surface area contributed by atoms with Crippen LogP contribution in [0.4, 0.5) is 5.95 Å². The molecule has 4 atom stereocenters. The number of carbonyl (C=O) groups is 2. The van der Waals surface area contributed by atoms with Gasteiger partial charge in [0.05, 0.1) is 18.1 Å². The molecule has 2 heterocycles. The first-order valence-corrected chi connectivity index (χ1v) is 15.7. The van der Waals surface area contributed by atoms with Gasteiger partial charge in [-0.05, 0) is 87.9 Å². The topological polar surface area (TPSA) is 103 Å². The van der Waals surface area contributed by atoms with Crippen LogP contribution in [0.3, 0.4) is 0 Å². The summed E-state index contributed by atoms with van der Waals surface area (Å²) in [5, 5.41) is 0. The Hall–Kier alpha value is -2.26. The van der Waals surface area contributed by atoms with Crippen molar-refractivity contribution < 1.29 is 23.9 Å². The highest BCUT2D eigenvalue weighted by molar-refractivity contribution is 5.92. The van der Waals surface area contributed by atoms with Gasteiger partial charge in [-0.15, -0.1) is 0 Å². The fourth-order valence-corrected chi connectivity index (χ4v) is 7.11. The molecule has 5 rings (SSSR count). The number of amides is 1. The summed E-state index contributed by atoms with van der Waals surface area (Å²) < 4.78 is 11.5. The quantitative estimate of drug-likeness (QED) is 0.198.